The molecule has 0 radical (unpaired) electrons. The summed E-state index contributed by atoms with van der Waals surface area (Å²) in [5, 5.41) is 3.45. The van der Waals surface area contributed by atoms with Gasteiger partial charge in [0.05, 0.1) is 5.69 Å². The highest BCUT2D eigenvalue weighted by atomic mass is 19.1. The van der Waals surface area contributed by atoms with Gasteiger partial charge in [-0.2, -0.15) is 0 Å². The molecular formula is C19H21FN2. The quantitative estimate of drug-likeness (QED) is 0.869. The van der Waals surface area contributed by atoms with Crippen LogP contribution in [0.15, 0.2) is 42.5 Å². The minimum Gasteiger partial charge on any atom is -0.308 e. The van der Waals surface area contributed by atoms with Crippen LogP contribution in [0.2, 0.25) is 0 Å². The van der Waals surface area contributed by atoms with Crippen molar-refractivity contribution in [3.8, 4) is 11.8 Å². The Morgan fingerprint density at radius 3 is 2.45 bits per heavy atom. The minimum absolute atomic E-state index is 0.254. The fraction of sp³-hybridized carbons (Fsp3) is 0.316. The van der Waals surface area contributed by atoms with Crippen molar-refractivity contribution in [1.82, 2.24) is 10.3 Å². The smallest absolute Gasteiger partial charge is 0.123 e. The lowest BCUT2D eigenvalue weighted by Gasteiger charge is -2.16. The first-order valence-electron chi connectivity index (χ1n) is 7.51. The maximum absolute atomic E-state index is 12.8. The zero-order valence-electron chi connectivity index (χ0n) is 13.2. The summed E-state index contributed by atoms with van der Waals surface area (Å²) >= 11 is 0. The van der Waals surface area contributed by atoms with Gasteiger partial charge in [-0.15, -0.1) is 0 Å². The monoisotopic (exact) mass is 296 g/mol. The molecule has 0 aliphatic heterocycles. The standard InChI is InChI=1S/C19H21FN2/c1-14(2)15(3)21-13-19-6-4-5-18(22-19)12-9-16-7-10-17(20)11-8-16/h4-8,10-11,14-15,21H,13H2,1-3H3/t15-/m1/s1. The molecule has 0 fully saturated rings. The zero-order chi connectivity index (χ0) is 15.9. The zero-order valence-corrected chi connectivity index (χ0v) is 13.2. The van der Waals surface area contributed by atoms with Crippen molar-refractivity contribution in [1.29, 1.82) is 0 Å². The van der Waals surface area contributed by atoms with Gasteiger partial charge in [0.1, 0.15) is 11.5 Å². The van der Waals surface area contributed by atoms with Gasteiger partial charge in [-0.25, -0.2) is 9.37 Å². The van der Waals surface area contributed by atoms with Gasteiger partial charge >= 0.3 is 0 Å². The van der Waals surface area contributed by atoms with Crippen molar-refractivity contribution >= 4 is 0 Å². The van der Waals surface area contributed by atoms with Gasteiger partial charge in [-0.05, 0) is 55.2 Å². The predicted octanol–water partition coefficient (Wildman–Crippen LogP) is 3.75. The Morgan fingerprint density at radius 1 is 1.05 bits per heavy atom. The molecule has 114 valence electrons. The van der Waals surface area contributed by atoms with E-state index < -0.39 is 0 Å². The largest absolute Gasteiger partial charge is 0.308 e. The van der Waals surface area contributed by atoms with Gasteiger partial charge in [0.15, 0.2) is 0 Å². The number of benzene rings is 1. The molecule has 22 heavy (non-hydrogen) atoms. The van der Waals surface area contributed by atoms with Crippen LogP contribution in [0, 0.1) is 23.6 Å². The number of rotatable bonds is 4. The van der Waals surface area contributed by atoms with Gasteiger partial charge in [-0.3, -0.25) is 0 Å². The third-order valence-corrected chi connectivity index (χ3v) is 3.59. The summed E-state index contributed by atoms with van der Waals surface area (Å²) in [7, 11) is 0. The molecule has 0 aliphatic carbocycles. The van der Waals surface area contributed by atoms with Crippen LogP contribution in [0.4, 0.5) is 4.39 Å². The van der Waals surface area contributed by atoms with Gasteiger partial charge in [0, 0.05) is 18.2 Å². The van der Waals surface area contributed by atoms with E-state index >= 15 is 0 Å². The lowest BCUT2D eigenvalue weighted by molar-refractivity contribution is 0.424. The van der Waals surface area contributed by atoms with E-state index in [4.69, 9.17) is 0 Å². The lowest BCUT2D eigenvalue weighted by Crippen LogP contribution is -2.30. The number of aromatic nitrogens is 1. The van der Waals surface area contributed by atoms with Crippen LogP contribution in [-0.4, -0.2) is 11.0 Å². The number of halogens is 1. The average Bonchev–Trinajstić information content (AvgIpc) is 2.52. The second-order valence-electron chi connectivity index (χ2n) is 5.68. The molecule has 1 N–H and O–H groups in total. The fourth-order valence-corrected chi connectivity index (χ4v) is 1.82. The maximum atomic E-state index is 12.8. The van der Waals surface area contributed by atoms with E-state index in [0.29, 0.717) is 12.0 Å². The summed E-state index contributed by atoms with van der Waals surface area (Å²) in [5.74, 6) is 6.35. The first-order chi connectivity index (χ1) is 10.5. The average molecular weight is 296 g/mol. The lowest BCUT2D eigenvalue weighted by atomic mass is 10.1. The molecule has 0 unspecified atom stereocenters. The molecule has 0 saturated heterocycles. The highest BCUT2D eigenvalue weighted by Gasteiger charge is 2.06. The summed E-state index contributed by atoms with van der Waals surface area (Å²) in [6, 6.07) is 12.4. The van der Waals surface area contributed by atoms with E-state index in [-0.39, 0.29) is 5.82 Å². The van der Waals surface area contributed by atoms with Gasteiger partial charge in [-0.1, -0.05) is 25.8 Å². The molecule has 2 nitrogen and oxygen atoms in total. The van der Waals surface area contributed by atoms with E-state index in [2.05, 4.69) is 42.9 Å². The highest BCUT2D eigenvalue weighted by molar-refractivity contribution is 5.40. The van der Waals surface area contributed by atoms with Crippen molar-refractivity contribution in [2.24, 2.45) is 5.92 Å². The third kappa shape index (κ3) is 4.98. The van der Waals surface area contributed by atoms with Crippen LogP contribution < -0.4 is 5.32 Å². The topological polar surface area (TPSA) is 24.9 Å². The Balaban J connectivity index is 2.04. The first-order valence-corrected chi connectivity index (χ1v) is 7.51. The summed E-state index contributed by atoms with van der Waals surface area (Å²) in [6.45, 7) is 7.28. The molecule has 0 saturated carbocycles. The van der Waals surface area contributed by atoms with E-state index in [1.807, 2.05) is 18.2 Å². The molecule has 1 heterocycles. The molecule has 1 aromatic heterocycles. The van der Waals surface area contributed by atoms with Gasteiger partial charge in [0.2, 0.25) is 0 Å². The third-order valence-electron chi connectivity index (χ3n) is 3.59. The summed E-state index contributed by atoms with van der Waals surface area (Å²) in [4.78, 5) is 4.53. The van der Waals surface area contributed by atoms with E-state index in [1.54, 1.807) is 12.1 Å². The van der Waals surface area contributed by atoms with Crippen LogP contribution in [0.5, 0.6) is 0 Å². The van der Waals surface area contributed by atoms with Gasteiger partial charge in [0.25, 0.3) is 0 Å². The second-order valence-corrected chi connectivity index (χ2v) is 5.68. The Morgan fingerprint density at radius 2 is 1.77 bits per heavy atom. The van der Waals surface area contributed by atoms with Crippen LogP contribution in [0.1, 0.15) is 37.7 Å². The summed E-state index contributed by atoms with van der Waals surface area (Å²) in [5.41, 5.74) is 2.47. The van der Waals surface area contributed by atoms with Crippen molar-refractivity contribution in [2.45, 2.75) is 33.4 Å². The molecule has 2 rings (SSSR count). The van der Waals surface area contributed by atoms with Gasteiger partial charge < -0.3 is 5.32 Å². The van der Waals surface area contributed by atoms with Crippen LogP contribution >= 0.6 is 0 Å². The number of nitrogens with one attached hydrogen (secondary N) is 1. The van der Waals surface area contributed by atoms with Crippen molar-refractivity contribution in [3.63, 3.8) is 0 Å². The van der Waals surface area contributed by atoms with Crippen LogP contribution in [0.3, 0.4) is 0 Å². The first kappa shape index (κ1) is 16.2. The minimum atomic E-state index is -0.254. The molecule has 2 aromatic rings. The van der Waals surface area contributed by atoms with Crippen molar-refractivity contribution < 1.29 is 4.39 Å². The molecule has 0 aliphatic rings. The molecule has 0 amide bonds. The SMILES string of the molecule is CC(C)[C@@H](C)NCc1cccc(C#Cc2ccc(F)cc2)n1. The number of hydrogen-bond acceptors (Lipinski definition) is 2. The number of nitrogens with zero attached hydrogens (tertiary/aromatic N) is 1. The second kappa shape index (κ2) is 7.72. The summed E-state index contributed by atoms with van der Waals surface area (Å²) in [6.07, 6.45) is 0. The van der Waals surface area contributed by atoms with Crippen molar-refractivity contribution in [2.75, 3.05) is 0 Å². The fourth-order valence-electron chi connectivity index (χ4n) is 1.82. The summed E-state index contributed by atoms with van der Waals surface area (Å²) < 4.78 is 12.8. The Bertz CT molecular complexity index is 666. The highest BCUT2D eigenvalue weighted by Crippen LogP contribution is 2.04. The molecule has 3 heteroatoms. The molecule has 1 atom stereocenters. The number of hydrogen-bond donors (Lipinski definition) is 1. The molecule has 0 bridgehead atoms. The van der Waals surface area contributed by atoms with Crippen LogP contribution in [0.25, 0.3) is 0 Å². The molecular weight excluding hydrogens is 275 g/mol. The molecule has 0 spiro atoms. The normalized spacial score (nSPS) is 11.9. The number of pyridine rings is 1. The Kier molecular flexibility index (Phi) is 5.68. The van der Waals surface area contributed by atoms with Crippen molar-refractivity contribution in [3.05, 3.63) is 65.2 Å². The predicted molar refractivity (Wildman–Crippen MR) is 87.8 cm³/mol. The van der Waals surface area contributed by atoms with E-state index in [1.165, 1.54) is 12.1 Å². The van der Waals surface area contributed by atoms with E-state index in [0.717, 1.165) is 23.5 Å². The van der Waals surface area contributed by atoms with Crippen LogP contribution in [-0.2, 0) is 6.54 Å². The Labute approximate surface area is 131 Å². The van der Waals surface area contributed by atoms with E-state index in [9.17, 15) is 4.39 Å². The maximum Gasteiger partial charge on any atom is 0.123 e. The molecule has 1 aromatic carbocycles. The Hall–Kier alpha value is -2.18.